The molecule has 0 heterocycles. The van der Waals surface area contributed by atoms with Gasteiger partial charge in [0.15, 0.2) is 0 Å². The molecule has 0 N–H and O–H groups in total. The Morgan fingerprint density at radius 1 is 1.38 bits per heavy atom. The monoisotopic (exact) mass is 114 g/mol. The molecule has 0 aliphatic rings. The highest BCUT2D eigenvalue weighted by Crippen LogP contribution is 2.22. The van der Waals surface area contributed by atoms with Crippen LogP contribution in [0, 0.1) is 11.3 Å². The largest absolute Gasteiger partial charge is 0.303 e. The lowest BCUT2D eigenvalue weighted by molar-refractivity contribution is -0.113. The first-order chi connectivity index (χ1) is 3.48. The third-order valence-corrected chi connectivity index (χ3v) is 1.57. The van der Waals surface area contributed by atoms with Gasteiger partial charge in [0.2, 0.25) is 0 Å². The lowest BCUT2D eigenvalue weighted by Crippen LogP contribution is -2.17. The van der Waals surface area contributed by atoms with Crippen molar-refractivity contribution in [2.75, 3.05) is 0 Å². The third-order valence-electron chi connectivity index (χ3n) is 1.57. The van der Waals surface area contributed by atoms with E-state index in [0.717, 1.165) is 6.29 Å². The number of hydrogen-bond acceptors (Lipinski definition) is 1. The van der Waals surface area contributed by atoms with Crippen molar-refractivity contribution in [3.05, 3.63) is 0 Å². The summed E-state index contributed by atoms with van der Waals surface area (Å²) in [5, 5.41) is 0. The minimum atomic E-state index is 0.141. The highest BCUT2D eigenvalue weighted by atomic mass is 16.1. The van der Waals surface area contributed by atoms with E-state index in [1.807, 2.05) is 6.92 Å². The minimum Gasteiger partial charge on any atom is -0.303 e. The zero-order valence-corrected chi connectivity index (χ0v) is 6.06. The Morgan fingerprint density at radius 3 is 1.75 bits per heavy atom. The first-order valence-electron chi connectivity index (χ1n) is 2.94. The maximum atomic E-state index is 10.2. The Bertz CT molecular complexity index is 78.9. The van der Waals surface area contributed by atoms with Crippen LogP contribution in [0.15, 0.2) is 0 Å². The zero-order chi connectivity index (χ0) is 6.78. The summed E-state index contributed by atoms with van der Waals surface area (Å²) in [5.41, 5.74) is 0.141. The van der Waals surface area contributed by atoms with Gasteiger partial charge in [-0.2, -0.15) is 0 Å². The molecule has 1 nitrogen and oxygen atoms in total. The van der Waals surface area contributed by atoms with Gasteiger partial charge in [0.1, 0.15) is 6.29 Å². The molecule has 0 aromatic carbocycles. The Labute approximate surface area is 51.1 Å². The molecule has 1 heteroatoms. The molecule has 0 aliphatic carbocycles. The molecule has 0 saturated heterocycles. The molecule has 0 saturated carbocycles. The van der Waals surface area contributed by atoms with Gasteiger partial charge in [-0.05, 0) is 5.41 Å². The van der Waals surface area contributed by atoms with Crippen LogP contribution < -0.4 is 0 Å². The highest BCUT2D eigenvalue weighted by molar-refractivity contribution is 5.53. The van der Waals surface area contributed by atoms with Crippen LogP contribution >= 0.6 is 0 Å². The van der Waals surface area contributed by atoms with E-state index >= 15 is 0 Å². The van der Waals surface area contributed by atoms with E-state index in [2.05, 4.69) is 20.8 Å². The molecular formula is C7H14O. The van der Waals surface area contributed by atoms with Gasteiger partial charge in [0.25, 0.3) is 0 Å². The summed E-state index contributed by atoms with van der Waals surface area (Å²) in [6.07, 6.45) is 1.00. The molecule has 0 aromatic heterocycles. The first-order valence-corrected chi connectivity index (χ1v) is 2.94. The topological polar surface area (TPSA) is 17.1 Å². The van der Waals surface area contributed by atoms with E-state index in [4.69, 9.17) is 0 Å². The molecule has 0 bridgehead atoms. The molecule has 0 spiro atoms. The molecule has 0 aromatic rings. The summed E-state index contributed by atoms with van der Waals surface area (Å²) in [6.45, 7) is 8.12. The summed E-state index contributed by atoms with van der Waals surface area (Å²) < 4.78 is 0. The van der Waals surface area contributed by atoms with Gasteiger partial charge in [-0.25, -0.2) is 0 Å². The third kappa shape index (κ3) is 2.10. The molecule has 1 atom stereocenters. The van der Waals surface area contributed by atoms with E-state index in [1.54, 1.807) is 0 Å². The number of hydrogen-bond donors (Lipinski definition) is 0. The number of carbonyl (C=O) groups excluding carboxylic acids is 1. The van der Waals surface area contributed by atoms with Crippen molar-refractivity contribution >= 4 is 6.29 Å². The summed E-state index contributed by atoms with van der Waals surface area (Å²) in [4.78, 5) is 10.2. The van der Waals surface area contributed by atoms with Crippen molar-refractivity contribution in [3.8, 4) is 0 Å². The summed E-state index contributed by atoms with van der Waals surface area (Å²) >= 11 is 0. The van der Waals surface area contributed by atoms with Gasteiger partial charge in [-0.1, -0.05) is 27.7 Å². The SMILES string of the molecule is C[C@H](C=O)C(C)(C)C. The second kappa shape index (κ2) is 2.29. The molecule has 0 rings (SSSR count). The second-order valence-corrected chi connectivity index (χ2v) is 3.29. The molecule has 48 valence electrons. The van der Waals surface area contributed by atoms with Gasteiger partial charge in [-0.15, -0.1) is 0 Å². The fourth-order valence-corrected chi connectivity index (χ4v) is 0.204. The minimum absolute atomic E-state index is 0.141. The fraction of sp³-hybridized carbons (Fsp3) is 0.857. The Balaban J connectivity index is 3.80. The molecule has 0 amide bonds. The molecule has 8 heavy (non-hydrogen) atoms. The quantitative estimate of drug-likeness (QED) is 0.475. The van der Waals surface area contributed by atoms with Gasteiger partial charge < -0.3 is 4.79 Å². The summed E-state index contributed by atoms with van der Waals surface area (Å²) in [7, 11) is 0. The summed E-state index contributed by atoms with van der Waals surface area (Å²) in [6, 6.07) is 0. The Hall–Kier alpha value is -0.330. The van der Waals surface area contributed by atoms with Crippen molar-refractivity contribution in [2.24, 2.45) is 11.3 Å². The van der Waals surface area contributed by atoms with E-state index in [1.165, 1.54) is 0 Å². The van der Waals surface area contributed by atoms with Crippen molar-refractivity contribution in [1.29, 1.82) is 0 Å². The lowest BCUT2D eigenvalue weighted by Gasteiger charge is -2.21. The predicted molar refractivity (Wildman–Crippen MR) is 34.7 cm³/mol. The van der Waals surface area contributed by atoms with Crippen molar-refractivity contribution < 1.29 is 4.79 Å². The van der Waals surface area contributed by atoms with Gasteiger partial charge in [0.05, 0.1) is 0 Å². The van der Waals surface area contributed by atoms with Crippen LogP contribution in [0.3, 0.4) is 0 Å². The normalized spacial score (nSPS) is 15.5. The summed E-state index contributed by atoms with van der Waals surface area (Å²) in [5.74, 6) is 0.169. The first kappa shape index (κ1) is 7.67. The number of aldehydes is 1. The van der Waals surface area contributed by atoms with E-state index < -0.39 is 0 Å². The van der Waals surface area contributed by atoms with Crippen molar-refractivity contribution in [3.63, 3.8) is 0 Å². The van der Waals surface area contributed by atoms with Crippen LogP contribution in [-0.4, -0.2) is 6.29 Å². The van der Waals surface area contributed by atoms with Crippen LogP contribution in [-0.2, 0) is 4.79 Å². The van der Waals surface area contributed by atoms with E-state index in [0.29, 0.717) is 0 Å². The van der Waals surface area contributed by atoms with Crippen LogP contribution in [0.1, 0.15) is 27.7 Å². The van der Waals surface area contributed by atoms with Gasteiger partial charge in [0, 0.05) is 5.92 Å². The Kier molecular flexibility index (Phi) is 2.20. The molecule has 0 unspecified atom stereocenters. The second-order valence-electron chi connectivity index (χ2n) is 3.29. The van der Waals surface area contributed by atoms with Crippen LogP contribution in [0.25, 0.3) is 0 Å². The lowest BCUT2D eigenvalue weighted by atomic mass is 9.83. The molecule has 0 aliphatic heterocycles. The fourth-order valence-electron chi connectivity index (χ4n) is 0.204. The maximum absolute atomic E-state index is 10.2. The average Bonchev–Trinajstić information content (AvgIpc) is 1.62. The van der Waals surface area contributed by atoms with Crippen LogP contribution in [0.2, 0.25) is 0 Å². The molecular weight excluding hydrogens is 100 g/mol. The smallest absolute Gasteiger partial charge is 0.123 e. The van der Waals surface area contributed by atoms with Crippen molar-refractivity contribution in [2.45, 2.75) is 27.7 Å². The maximum Gasteiger partial charge on any atom is 0.123 e. The molecule has 0 fully saturated rings. The van der Waals surface area contributed by atoms with Crippen LogP contribution in [0.4, 0.5) is 0 Å². The predicted octanol–water partition coefficient (Wildman–Crippen LogP) is 1.87. The van der Waals surface area contributed by atoms with Crippen molar-refractivity contribution in [1.82, 2.24) is 0 Å². The standard InChI is InChI=1S/C7H14O/c1-6(5-8)7(2,3)4/h5-6H,1-4H3/t6-/m1/s1. The molecule has 0 radical (unpaired) electrons. The van der Waals surface area contributed by atoms with Gasteiger partial charge >= 0.3 is 0 Å². The Morgan fingerprint density at radius 2 is 1.75 bits per heavy atom. The zero-order valence-electron chi connectivity index (χ0n) is 6.06. The average molecular weight is 114 g/mol. The number of rotatable bonds is 1. The van der Waals surface area contributed by atoms with Gasteiger partial charge in [-0.3, -0.25) is 0 Å². The van der Waals surface area contributed by atoms with Crippen LogP contribution in [0.5, 0.6) is 0 Å². The number of carbonyl (C=O) groups is 1. The highest BCUT2D eigenvalue weighted by Gasteiger charge is 2.18. The van der Waals surface area contributed by atoms with E-state index in [9.17, 15) is 4.79 Å². The van der Waals surface area contributed by atoms with E-state index in [-0.39, 0.29) is 11.3 Å².